The number of nitrogens with zero attached hydrogens (tertiary/aromatic N) is 4. The van der Waals surface area contributed by atoms with Gasteiger partial charge in [-0.1, -0.05) is 0 Å². The van der Waals surface area contributed by atoms with Crippen LogP contribution in [0.3, 0.4) is 0 Å². The van der Waals surface area contributed by atoms with Crippen molar-refractivity contribution in [3.8, 4) is 0 Å². The molecule has 18 heavy (non-hydrogen) atoms. The highest BCUT2D eigenvalue weighted by Gasteiger charge is 2.22. The first-order valence-electron chi connectivity index (χ1n) is 6.21. The van der Waals surface area contributed by atoms with Gasteiger partial charge in [0, 0.05) is 5.39 Å². The lowest BCUT2D eigenvalue weighted by atomic mass is 10.1. The summed E-state index contributed by atoms with van der Waals surface area (Å²) >= 11 is 0. The van der Waals surface area contributed by atoms with Gasteiger partial charge in [0.1, 0.15) is 5.52 Å². The number of hydrogen-bond acceptors (Lipinski definition) is 3. The molecule has 0 N–H and O–H groups in total. The number of rotatable bonds is 1. The van der Waals surface area contributed by atoms with E-state index >= 15 is 0 Å². The molecule has 0 aromatic carbocycles. The quantitative estimate of drug-likeness (QED) is 0.777. The second kappa shape index (κ2) is 3.93. The highest BCUT2D eigenvalue weighted by atomic mass is 16.1. The molecule has 0 aliphatic heterocycles. The maximum atomic E-state index is 12.5. The first-order chi connectivity index (χ1) is 8.23. The zero-order chi connectivity index (χ0) is 13.7. The molecular weight excluding hydrogens is 228 g/mol. The summed E-state index contributed by atoms with van der Waals surface area (Å²) < 4.78 is 3.32. The molecule has 0 spiro atoms. The summed E-state index contributed by atoms with van der Waals surface area (Å²) in [7, 11) is 0. The summed E-state index contributed by atoms with van der Waals surface area (Å²) in [6.07, 6.45) is 1.73. The van der Waals surface area contributed by atoms with Gasteiger partial charge in [-0.3, -0.25) is 9.48 Å². The molecule has 0 amide bonds. The van der Waals surface area contributed by atoms with E-state index in [2.05, 4.69) is 10.2 Å². The molecule has 0 fully saturated rings. The van der Waals surface area contributed by atoms with Gasteiger partial charge in [-0.2, -0.15) is 10.2 Å². The Morgan fingerprint density at radius 3 is 2.39 bits per heavy atom. The van der Waals surface area contributed by atoms with E-state index in [1.54, 1.807) is 10.9 Å². The third-order valence-electron chi connectivity index (χ3n) is 2.95. The van der Waals surface area contributed by atoms with Crippen molar-refractivity contribution >= 4 is 10.9 Å². The van der Waals surface area contributed by atoms with Crippen molar-refractivity contribution in [2.24, 2.45) is 0 Å². The summed E-state index contributed by atoms with van der Waals surface area (Å²) in [5.41, 5.74) is 1.19. The fraction of sp³-hybridized carbons (Fsp3) is 0.615. The third-order valence-corrected chi connectivity index (χ3v) is 2.95. The van der Waals surface area contributed by atoms with Gasteiger partial charge in [-0.15, -0.1) is 0 Å². The Hall–Kier alpha value is -1.65. The molecule has 0 atom stereocenters. The van der Waals surface area contributed by atoms with E-state index in [1.165, 1.54) is 4.68 Å². The summed E-state index contributed by atoms with van der Waals surface area (Å²) in [5.74, 6) is 0. The molecule has 0 aliphatic carbocycles. The first-order valence-corrected chi connectivity index (χ1v) is 6.21. The molecule has 0 aliphatic rings. The Morgan fingerprint density at radius 1 is 1.28 bits per heavy atom. The van der Waals surface area contributed by atoms with Crippen LogP contribution in [0.15, 0.2) is 11.0 Å². The van der Waals surface area contributed by atoms with E-state index in [0.717, 1.165) is 11.1 Å². The minimum Gasteiger partial charge on any atom is -0.265 e. The van der Waals surface area contributed by atoms with E-state index in [4.69, 9.17) is 0 Å². The number of fused-ring (bicyclic) bond motifs is 1. The predicted octanol–water partition coefficient (Wildman–Crippen LogP) is 2.24. The Labute approximate surface area is 106 Å². The van der Waals surface area contributed by atoms with Crippen LogP contribution < -0.4 is 5.56 Å². The molecule has 2 rings (SSSR count). The third kappa shape index (κ3) is 1.83. The molecule has 2 aromatic heterocycles. The fourth-order valence-electron chi connectivity index (χ4n) is 2.05. The van der Waals surface area contributed by atoms with Crippen molar-refractivity contribution in [3.05, 3.63) is 22.2 Å². The number of aryl methyl sites for hydroxylation is 1. The van der Waals surface area contributed by atoms with Crippen LogP contribution in [0.2, 0.25) is 0 Å². The normalized spacial score (nSPS) is 12.6. The molecule has 0 saturated carbocycles. The van der Waals surface area contributed by atoms with E-state index in [0.29, 0.717) is 5.52 Å². The number of aromatic nitrogens is 4. The summed E-state index contributed by atoms with van der Waals surface area (Å²) in [4.78, 5) is 12.5. The summed E-state index contributed by atoms with van der Waals surface area (Å²) in [6.45, 7) is 11.9. The number of hydrogen-bond donors (Lipinski definition) is 0. The summed E-state index contributed by atoms with van der Waals surface area (Å²) in [6, 6.07) is 0.0453. The van der Waals surface area contributed by atoms with Crippen LogP contribution in [0.1, 0.15) is 46.4 Å². The average Bonchev–Trinajstić information content (AvgIpc) is 2.67. The average molecular weight is 248 g/mol. The van der Waals surface area contributed by atoms with E-state index in [-0.39, 0.29) is 17.1 Å². The standard InChI is InChI=1S/C13H20N4O/c1-8(2)16-12(18)11-10(9(3)15-16)7-14-17(11)13(4,5)6/h7-8H,1-6H3. The van der Waals surface area contributed by atoms with Gasteiger partial charge in [0.2, 0.25) is 0 Å². The van der Waals surface area contributed by atoms with Gasteiger partial charge >= 0.3 is 0 Å². The topological polar surface area (TPSA) is 52.7 Å². The van der Waals surface area contributed by atoms with Gasteiger partial charge in [0.15, 0.2) is 0 Å². The summed E-state index contributed by atoms with van der Waals surface area (Å²) in [5, 5.41) is 9.54. The van der Waals surface area contributed by atoms with Gasteiger partial charge < -0.3 is 0 Å². The largest absolute Gasteiger partial charge is 0.293 e. The van der Waals surface area contributed by atoms with Crippen LogP contribution >= 0.6 is 0 Å². The van der Waals surface area contributed by atoms with Crippen LogP contribution in [0.5, 0.6) is 0 Å². The van der Waals surface area contributed by atoms with Crippen molar-refractivity contribution < 1.29 is 0 Å². The minimum atomic E-state index is -0.219. The fourth-order valence-corrected chi connectivity index (χ4v) is 2.05. The van der Waals surface area contributed by atoms with Crippen molar-refractivity contribution in [3.63, 3.8) is 0 Å². The van der Waals surface area contributed by atoms with Crippen molar-refractivity contribution in [1.29, 1.82) is 0 Å². The Kier molecular flexibility index (Phi) is 2.80. The monoisotopic (exact) mass is 248 g/mol. The molecule has 2 aromatic rings. The Balaban J connectivity index is 2.92. The first kappa shape index (κ1) is 12.8. The second-order valence-electron chi connectivity index (χ2n) is 5.92. The van der Waals surface area contributed by atoms with E-state index in [1.807, 2.05) is 41.5 Å². The molecule has 0 radical (unpaired) electrons. The lowest BCUT2D eigenvalue weighted by molar-refractivity contribution is 0.365. The van der Waals surface area contributed by atoms with Crippen molar-refractivity contribution in [1.82, 2.24) is 19.6 Å². The minimum absolute atomic E-state index is 0.0453. The second-order valence-corrected chi connectivity index (χ2v) is 5.92. The van der Waals surface area contributed by atoms with Gasteiger partial charge in [-0.05, 0) is 41.5 Å². The smallest absolute Gasteiger partial charge is 0.265 e. The zero-order valence-electron chi connectivity index (χ0n) is 11.9. The molecular formula is C13H20N4O. The van der Waals surface area contributed by atoms with E-state index in [9.17, 15) is 4.79 Å². The molecule has 98 valence electrons. The predicted molar refractivity (Wildman–Crippen MR) is 71.9 cm³/mol. The Bertz CT molecular complexity index is 643. The maximum absolute atomic E-state index is 12.5. The molecule has 0 saturated heterocycles. The Morgan fingerprint density at radius 2 is 1.89 bits per heavy atom. The van der Waals surface area contributed by atoms with E-state index < -0.39 is 0 Å². The van der Waals surface area contributed by atoms with Crippen LogP contribution in [0, 0.1) is 6.92 Å². The van der Waals surface area contributed by atoms with Gasteiger partial charge in [-0.25, -0.2) is 4.68 Å². The SMILES string of the molecule is Cc1nn(C(C)C)c(=O)c2c1cnn2C(C)(C)C. The van der Waals surface area contributed by atoms with Crippen molar-refractivity contribution in [2.75, 3.05) is 0 Å². The van der Waals surface area contributed by atoms with Crippen LogP contribution in [-0.4, -0.2) is 19.6 Å². The molecule has 5 nitrogen and oxygen atoms in total. The van der Waals surface area contributed by atoms with Crippen molar-refractivity contribution in [2.45, 2.75) is 53.1 Å². The zero-order valence-corrected chi connectivity index (χ0v) is 11.9. The highest BCUT2D eigenvalue weighted by molar-refractivity contribution is 5.79. The lowest BCUT2D eigenvalue weighted by Crippen LogP contribution is -2.31. The maximum Gasteiger partial charge on any atom is 0.293 e. The van der Waals surface area contributed by atoms with Gasteiger partial charge in [0.25, 0.3) is 5.56 Å². The lowest BCUT2D eigenvalue weighted by Gasteiger charge is -2.20. The van der Waals surface area contributed by atoms with Crippen LogP contribution in [0.25, 0.3) is 10.9 Å². The molecule has 5 heteroatoms. The molecule has 0 unspecified atom stereocenters. The molecule has 2 heterocycles. The van der Waals surface area contributed by atoms with Crippen LogP contribution in [-0.2, 0) is 5.54 Å². The van der Waals surface area contributed by atoms with Gasteiger partial charge in [0.05, 0.1) is 23.5 Å². The molecule has 0 bridgehead atoms. The van der Waals surface area contributed by atoms with Crippen LogP contribution in [0.4, 0.5) is 0 Å². The highest BCUT2D eigenvalue weighted by Crippen LogP contribution is 2.20.